The summed E-state index contributed by atoms with van der Waals surface area (Å²) in [5, 5.41) is 3.94. The highest BCUT2D eigenvalue weighted by atomic mass is 32.2. The van der Waals surface area contributed by atoms with E-state index < -0.39 is 16.1 Å². The van der Waals surface area contributed by atoms with Crippen molar-refractivity contribution in [3.63, 3.8) is 0 Å². The second kappa shape index (κ2) is 8.85. The lowest BCUT2D eigenvalue weighted by atomic mass is 10.0. The summed E-state index contributed by atoms with van der Waals surface area (Å²) in [6.07, 6.45) is 3.75. The predicted octanol–water partition coefficient (Wildman–Crippen LogP) is 2.87. The Morgan fingerprint density at radius 1 is 1.03 bits per heavy atom. The summed E-state index contributed by atoms with van der Waals surface area (Å²) in [5.74, 6) is -0.00590. The number of hydrogen-bond donors (Lipinski definition) is 1. The predicted molar refractivity (Wildman–Crippen MR) is 127 cm³/mol. The van der Waals surface area contributed by atoms with Crippen LogP contribution in [0.1, 0.15) is 30.0 Å². The van der Waals surface area contributed by atoms with Gasteiger partial charge in [-0.1, -0.05) is 42.5 Å². The minimum atomic E-state index is -3.70. The fourth-order valence-electron chi connectivity index (χ4n) is 4.46. The molecule has 2 heterocycles. The highest BCUT2D eigenvalue weighted by Gasteiger charge is 2.36. The molecule has 5 rings (SSSR count). The van der Waals surface area contributed by atoms with Crippen LogP contribution in [0, 0.1) is 6.92 Å². The van der Waals surface area contributed by atoms with E-state index in [1.54, 1.807) is 18.3 Å². The molecular weight excluding hydrogens is 436 g/mol. The summed E-state index contributed by atoms with van der Waals surface area (Å²) in [5.41, 5.74) is 2.42. The van der Waals surface area contributed by atoms with Crippen LogP contribution >= 0.6 is 0 Å². The van der Waals surface area contributed by atoms with Gasteiger partial charge in [0, 0.05) is 43.8 Å². The molecule has 1 N–H and O–H groups in total. The molecule has 1 atom stereocenters. The average Bonchev–Trinajstić information content (AvgIpc) is 3.63. The summed E-state index contributed by atoms with van der Waals surface area (Å²) >= 11 is 0. The first-order valence-electron chi connectivity index (χ1n) is 11.4. The van der Waals surface area contributed by atoms with Gasteiger partial charge in [-0.2, -0.15) is 4.31 Å². The standard InChI is InChI=1S/C25H28N4O3S/c1-18-16-20-8-5-9-22(23(20)26-17-18)33(31,32)29-14-12-28(13-15-29)24(19-6-3-2-4-7-19)25(30)27-21-10-11-21/h2-9,16-17,21,24H,10-15H2,1H3,(H,27,30). The molecule has 172 valence electrons. The van der Waals surface area contributed by atoms with Crippen molar-refractivity contribution in [1.82, 2.24) is 19.5 Å². The van der Waals surface area contributed by atoms with Gasteiger partial charge < -0.3 is 5.32 Å². The number of nitrogens with zero attached hydrogens (tertiary/aromatic N) is 3. The monoisotopic (exact) mass is 464 g/mol. The summed E-state index contributed by atoms with van der Waals surface area (Å²) in [6.45, 7) is 3.55. The van der Waals surface area contributed by atoms with Crippen LogP contribution in [0.25, 0.3) is 10.9 Å². The fraction of sp³-hybridized carbons (Fsp3) is 0.360. The van der Waals surface area contributed by atoms with Crippen LogP contribution in [0.15, 0.2) is 65.7 Å². The molecule has 2 fully saturated rings. The molecule has 1 aliphatic carbocycles. The molecule has 8 heteroatoms. The van der Waals surface area contributed by atoms with Gasteiger partial charge in [0.25, 0.3) is 0 Å². The molecule has 1 aliphatic heterocycles. The van der Waals surface area contributed by atoms with Gasteiger partial charge in [0.05, 0.1) is 5.52 Å². The van der Waals surface area contributed by atoms with E-state index in [0.29, 0.717) is 31.7 Å². The van der Waals surface area contributed by atoms with E-state index in [1.807, 2.05) is 49.4 Å². The van der Waals surface area contributed by atoms with Crippen molar-refractivity contribution in [3.05, 3.63) is 71.9 Å². The number of nitrogens with one attached hydrogen (secondary N) is 1. The zero-order valence-electron chi connectivity index (χ0n) is 18.6. The number of para-hydroxylation sites is 1. The smallest absolute Gasteiger partial charge is 0.245 e. The third-order valence-corrected chi connectivity index (χ3v) is 8.28. The summed E-state index contributed by atoms with van der Waals surface area (Å²) in [7, 11) is -3.70. The van der Waals surface area contributed by atoms with Crippen molar-refractivity contribution in [2.24, 2.45) is 0 Å². The molecule has 1 unspecified atom stereocenters. The van der Waals surface area contributed by atoms with Gasteiger partial charge in [-0.15, -0.1) is 0 Å². The molecule has 7 nitrogen and oxygen atoms in total. The van der Waals surface area contributed by atoms with Gasteiger partial charge in [0.2, 0.25) is 15.9 Å². The lowest BCUT2D eigenvalue weighted by Gasteiger charge is -2.38. The number of aromatic nitrogens is 1. The molecule has 0 radical (unpaired) electrons. The third-order valence-electron chi connectivity index (χ3n) is 6.35. The van der Waals surface area contributed by atoms with Crippen molar-refractivity contribution in [2.75, 3.05) is 26.2 Å². The third kappa shape index (κ3) is 4.51. The summed E-state index contributed by atoms with van der Waals surface area (Å²) < 4.78 is 28.5. The second-order valence-electron chi connectivity index (χ2n) is 8.88. The Hall–Kier alpha value is -2.81. The molecular formula is C25H28N4O3S. The normalized spacial score (nSPS) is 18.8. The van der Waals surface area contributed by atoms with Crippen LogP contribution in [0.2, 0.25) is 0 Å². The number of sulfonamides is 1. The molecule has 1 aromatic heterocycles. The molecule has 33 heavy (non-hydrogen) atoms. The van der Waals surface area contributed by atoms with Crippen LogP contribution in [0.4, 0.5) is 0 Å². The molecule has 0 spiro atoms. The van der Waals surface area contributed by atoms with Crippen molar-refractivity contribution in [3.8, 4) is 0 Å². The minimum Gasteiger partial charge on any atom is -0.352 e. The first-order valence-corrected chi connectivity index (χ1v) is 12.8. The molecule has 2 aliphatic rings. The van der Waals surface area contributed by atoms with Gasteiger partial charge in [-0.3, -0.25) is 14.7 Å². The van der Waals surface area contributed by atoms with Gasteiger partial charge in [0.1, 0.15) is 10.9 Å². The van der Waals surface area contributed by atoms with Gasteiger partial charge in [-0.05, 0) is 43.0 Å². The van der Waals surface area contributed by atoms with Gasteiger partial charge >= 0.3 is 0 Å². The summed E-state index contributed by atoms with van der Waals surface area (Å²) in [4.78, 5) is 19.8. The van der Waals surface area contributed by atoms with E-state index >= 15 is 0 Å². The van der Waals surface area contributed by atoms with E-state index in [-0.39, 0.29) is 16.8 Å². The van der Waals surface area contributed by atoms with Crippen LogP contribution in [-0.4, -0.2) is 60.7 Å². The molecule has 0 bridgehead atoms. The lowest BCUT2D eigenvalue weighted by molar-refractivity contribution is -0.127. The van der Waals surface area contributed by atoms with Gasteiger partial charge in [0.15, 0.2) is 0 Å². The topological polar surface area (TPSA) is 82.6 Å². The summed E-state index contributed by atoms with van der Waals surface area (Å²) in [6, 6.07) is 16.8. The number of carbonyl (C=O) groups excluding carboxylic acids is 1. The maximum absolute atomic E-state index is 13.5. The number of piperazine rings is 1. The van der Waals surface area contributed by atoms with Crippen molar-refractivity contribution >= 4 is 26.8 Å². The SMILES string of the molecule is Cc1cnc2c(S(=O)(=O)N3CCN(C(C(=O)NC4CC4)c4ccccc4)CC3)cccc2c1. The van der Waals surface area contributed by atoms with Crippen LogP contribution in [0.5, 0.6) is 0 Å². The van der Waals surface area contributed by atoms with Gasteiger partial charge in [-0.25, -0.2) is 8.42 Å². The Labute approximate surface area is 194 Å². The zero-order chi connectivity index (χ0) is 23.0. The quantitative estimate of drug-likeness (QED) is 0.607. The Morgan fingerprint density at radius 2 is 1.76 bits per heavy atom. The number of benzene rings is 2. The Morgan fingerprint density at radius 3 is 2.45 bits per heavy atom. The molecule has 1 saturated heterocycles. The minimum absolute atomic E-state index is 0.00590. The van der Waals surface area contributed by atoms with Crippen LogP contribution in [-0.2, 0) is 14.8 Å². The van der Waals surface area contributed by atoms with Crippen LogP contribution < -0.4 is 5.32 Å². The maximum atomic E-state index is 13.5. The van der Waals surface area contributed by atoms with E-state index in [1.165, 1.54) is 4.31 Å². The van der Waals surface area contributed by atoms with E-state index in [0.717, 1.165) is 29.4 Å². The van der Waals surface area contributed by atoms with Crippen molar-refractivity contribution < 1.29 is 13.2 Å². The zero-order valence-corrected chi connectivity index (χ0v) is 19.5. The fourth-order valence-corrected chi connectivity index (χ4v) is 6.05. The number of amides is 1. The number of carbonyl (C=O) groups is 1. The lowest BCUT2D eigenvalue weighted by Crippen LogP contribution is -2.52. The average molecular weight is 465 g/mol. The first kappa shape index (κ1) is 22.0. The second-order valence-corrected chi connectivity index (χ2v) is 10.8. The number of fused-ring (bicyclic) bond motifs is 1. The molecule has 1 amide bonds. The van der Waals surface area contributed by atoms with Crippen LogP contribution in [0.3, 0.4) is 0 Å². The number of aryl methyl sites for hydroxylation is 1. The highest BCUT2D eigenvalue weighted by molar-refractivity contribution is 7.89. The Kier molecular flexibility index (Phi) is 5.90. The Bertz CT molecular complexity index is 1270. The molecule has 1 saturated carbocycles. The number of hydrogen-bond acceptors (Lipinski definition) is 5. The Balaban J connectivity index is 1.37. The number of pyridine rings is 1. The largest absolute Gasteiger partial charge is 0.352 e. The van der Waals surface area contributed by atoms with E-state index in [4.69, 9.17) is 0 Å². The van der Waals surface area contributed by atoms with Crippen molar-refractivity contribution in [1.29, 1.82) is 0 Å². The molecule has 2 aromatic carbocycles. The first-order chi connectivity index (χ1) is 15.9. The van der Waals surface area contributed by atoms with E-state index in [2.05, 4.69) is 15.2 Å². The maximum Gasteiger partial charge on any atom is 0.245 e. The highest BCUT2D eigenvalue weighted by Crippen LogP contribution is 2.29. The van der Waals surface area contributed by atoms with E-state index in [9.17, 15) is 13.2 Å². The van der Waals surface area contributed by atoms with Crippen molar-refractivity contribution in [2.45, 2.75) is 36.7 Å². The molecule has 3 aromatic rings. The number of rotatable bonds is 6.